The summed E-state index contributed by atoms with van der Waals surface area (Å²) >= 11 is 7.29. The summed E-state index contributed by atoms with van der Waals surface area (Å²) in [6.45, 7) is 4.04. The van der Waals surface area contributed by atoms with Crippen LogP contribution in [0.5, 0.6) is 0 Å². The van der Waals surface area contributed by atoms with Crippen LogP contribution in [0.25, 0.3) is 22.4 Å². The first kappa shape index (κ1) is 15.8. The number of fused-ring (bicyclic) bond motifs is 1. The standard InChI is InChI=1S/C17H15ClN2O2S/c1-3-20-16(21)14-10(2)13(23-15(14)19-17(20)22)9-6-11-4-7-12(18)8-5-11/h4-9H,3H2,1-2H3,(H,19,22)/b9-6+. The largest absolute Gasteiger partial charge is 0.329 e. The van der Waals surface area contributed by atoms with E-state index in [0.717, 1.165) is 16.0 Å². The van der Waals surface area contributed by atoms with Crippen LogP contribution in [0, 0.1) is 6.92 Å². The molecule has 4 nitrogen and oxygen atoms in total. The summed E-state index contributed by atoms with van der Waals surface area (Å²) in [5, 5.41) is 1.28. The molecule has 0 atom stereocenters. The van der Waals surface area contributed by atoms with Gasteiger partial charge >= 0.3 is 5.69 Å². The molecule has 0 saturated heterocycles. The van der Waals surface area contributed by atoms with Gasteiger partial charge in [-0.05, 0) is 43.2 Å². The maximum Gasteiger partial charge on any atom is 0.329 e. The first-order valence-electron chi connectivity index (χ1n) is 7.21. The van der Waals surface area contributed by atoms with Gasteiger partial charge in [0, 0.05) is 16.4 Å². The number of thiophene rings is 1. The van der Waals surface area contributed by atoms with Gasteiger partial charge in [0.15, 0.2) is 0 Å². The topological polar surface area (TPSA) is 54.9 Å². The predicted molar refractivity (Wildman–Crippen MR) is 97.5 cm³/mol. The number of halogens is 1. The lowest BCUT2D eigenvalue weighted by atomic mass is 10.1. The number of aryl methyl sites for hydroxylation is 1. The molecule has 0 aliphatic heterocycles. The van der Waals surface area contributed by atoms with Crippen LogP contribution >= 0.6 is 22.9 Å². The molecule has 0 aliphatic rings. The lowest BCUT2D eigenvalue weighted by molar-refractivity contribution is 0.685. The highest BCUT2D eigenvalue weighted by molar-refractivity contribution is 7.19. The first-order chi connectivity index (χ1) is 11.0. The fourth-order valence-corrected chi connectivity index (χ4v) is 3.68. The first-order valence-corrected chi connectivity index (χ1v) is 8.40. The zero-order chi connectivity index (χ0) is 16.6. The second-order valence-electron chi connectivity index (χ2n) is 5.16. The molecule has 2 aromatic heterocycles. The van der Waals surface area contributed by atoms with Gasteiger partial charge in [-0.1, -0.05) is 29.8 Å². The highest BCUT2D eigenvalue weighted by atomic mass is 35.5. The summed E-state index contributed by atoms with van der Waals surface area (Å²) in [5.74, 6) is 0. The van der Waals surface area contributed by atoms with Crippen LogP contribution in [0.3, 0.4) is 0 Å². The zero-order valence-electron chi connectivity index (χ0n) is 12.7. The van der Waals surface area contributed by atoms with Gasteiger partial charge < -0.3 is 0 Å². The van der Waals surface area contributed by atoms with Crippen molar-refractivity contribution in [2.24, 2.45) is 0 Å². The Kier molecular flexibility index (Phi) is 4.24. The SMILES string of the molecule is CCn1c(=O)[nH]c2sc(/C=C/c3ccc(Cl)cc3)c(C)c2c1=O. The molecule has 1 N–H and O–H groups in total. The second-order valence-corrected chi connectivity index (χ2v) is 6.65. The van der Waals surface area contributed by atoms with E-state index < -0.39 is 0 Å². The molecule has 0 saturated carbocycles. The van der Waals surface area contributed by atoms with Gasteiger partial charge in [-0.15, -0.1) is 11.3 Å². The Labute approximate surface area is 141 Å². The highest BCUT2D eigenvalue weighted by Gasteiger charge is 2.13. The number of nitrogens with zero attached hydrogens (tertiary/aromatic N) is 1. The molecule has 0 bridgehead atoms. The van der Waals surface area contributed by atoms with Crippen molar-refractivity contribution in [2.45, 2.75) is 20.4 Å². The van der Waals surface area contributed by atoms with Crippen LogP contribution in [-0.2, 0) is 6.54 Å². The van der Waals surface area contributed by atoms with Gasteiger partial charge in [0.25, 0.3) is 5.56 Å². The van der Waals surface area contributed by atoms with Gasteiger partial charge in [0.1, 0.15) is 4.83 Å². The van der Waals surface area contributed by atoms with E-state index in [1.165, 1.54) is 15.9 Å². The summed E-state index contributed by atoms with van der Waals surface area (Å²) in [6, 6.07) is 7.51. The Bertz CT molecular complexity index is 1010. The average molecular weight is 347 g/mol. The number of hydrogen-bond donors (Lipinski definition) is 1. The Balaban J connectivity index is 2.11. The molecule has 0 spiro atoms. The molecular formula is C17H15ClN2O2S. The van der Waals surface area contributed by atoms with Crippen LogP contribution in [-0.4, -0.2) is 9.55 Å². The average Bonchev–Trinajstić information content (AvgIpc) is 2.83. The van der Waals surface area contributed by atoms with Crippen LogP contribution in [0.4, 0.5) is 0 Å². The maximum atomic E-state index is 12.4. The number of benzene rings is 1. The van der Waals surface area contributed by atoms with Crippen LogP contribution < -0.4 is 11.2 Å². The monoisotopic (exact) mass is 346 g/mol. The summed E-state index contributed by atoms with van der Waals surface area (Å²) in [6.07, 6.45) is 3.92. The number of aromatic amines is 1. The van der Waals surface area contributed by atoms with Gasteiger partial charge in [-0.3, -0.25) is 14.3 Å². The number of rotatable bonds is 3. The minimum atomic E-state index is -0.362. The number of hydrogen-bond acceptors (Lipinski definition) is 3. The molecule has 3 rings (SSSR count). The fourth-order valence-electron chi connectivity index (χ4n) is 2.46. The van der Waals surface area contributed by atoms with Crippen molar-refractivity contribution in [3.63, 3.8) is 0 Å². The molecule has 0 fully saturated rings. The minimum Gasteiger partial charge on any atom is -0.298 e. The van der Waals surface area contributed by atoms with Crippen molar-refractivity contribution in [1.82, 2.24) is 9.55 Å². The van der Waals surface area contributed by atoms with Crippen LogP contribution in [0.1, 0.15) is 22.9 Å². The summed E-state index contributed by atoms with van der Waals surface area (Å²) in [7, 11) is 0. The fraction of sp³-hybridized carbons (Fsp3) is 0.176. The molecule has 0 radical (unpaired) electrons. The summed E-state index contributed by atoms with van der Waals surface area (Å²) in [5.41, 5.74) is 1.31. The van der Waals surface area contributed by atoms with Crippen molar-refractivity contribution in [2.75, 3.05) is 0 Å². The van der Waals surface area contributed by atoms with Crippen LogP contribution in [0.2, 0.25) is 5.02 Å². The molecule has 0 amide bonds. The third-order valence-corrected chi connectivity index (χ3v) is 5.15. The van der Waals surface area contributed by atoms with Crippen molar-refractivity contribution in [3.05, 3.63) is 66.1 Å². The summed E-state index contributed by atoms with van der Waals surface area (Å²) < 4.78 is 1.22. The van der Waals surface area contributed by atoms with E-state index in [4.69, 9.17) is 11.6 Å². The quantitative estimate of drug-likeness (QED) is 0.781. The van der Waals surface area contributed by atoms with Gasteiger partial charge in [-0.2, -0.15) is 0 Å². The smallest absolute Gasteiger partial charge is 0.298 e. The summed E-state index contributed by atoms with van der Waals surface area (Å²) in [4.78, 5) is 28.7. The Morgan fingerprint density at radius 2 is 1.91 bits per heavy atom. The zero-order valence-corrected chi connectivity index (χ0v) is 14.3. The Morgan fingerprint density at radius 3 is 2.57 bits per heavy atom. The van der Waals surface area contributed by atoms with E-state index >= 15 is 0 Å². The number of H-pyrrole nitrogens is 1. The van der Waals surface area contributed by atoms with E-state index in [1.807, 2.05) is 43.3 Å². The van der Waals surface area contributed by atoms with E-state index in [-0.39, 0.29) is 11.2 Å². The second kappa shape index (κ2) is 6.18. The van der Waals surface area contributed by atoms with Crippen LogP contribution in [0.15, 0.2) is 33.9 Å². The molecule has 1 aromatic carbocycles. The third kappa shape index (κ3) is 2.90. The van der Waals surface area contributed by atoms with E-state index in [2.05, 4.69) is 4.98 Å². The van der Waals surface area contributed by atoms with Crippen molar-refractivity contribution in [1.29, 1.82) is 0 Å². The van der Waals surface area contributed by atoms with Gasteiger partial charge in [-0.25, -0.2) is 4.79 Å². The third-order valence-electron chi connectivity index (χ3n) is 3.72. The molecule has 23 heavy (non-hydrogen) atoms. The van der Waals surface area contributed by atoms with E-state index in [9.17, 15) is 9.59 Å². The van der Waals surface area contributed by atoms with Crippen molar-refractivity contribution in [3.8, 4) is 0 Å². The normalized spacial score (nSPS) is 11.6. The van der Waals surface area contributed by atoms with E-state index in [0.29, 0.717) is 21.8 Å². The molecule has 0 unspecified atom stereocenters. The van der Waals surface area contributed by atoms with Crippen molar-refractivity contribution >= 4 is 45.3 Å². The van der Waals surface area contributed by atoms with E-state index in [1.54, 1.807) is 6.92 Å². The molecular weight excluding hydrogens is 332 g/mol. The predicted octanol–water partition coefficient (Wildman–Crippen LogP) is 3.90. The Morgan fingerprint density at radius 1 is 1.22 bits per heavy atom. The van der Waals surface area contributed by atoms with Crippen molar-refractivity contribution < 1.29 is 0 Å². The number of nitrogens with one attached hydrogen (secondary N) is 1. The lowest BCUT2D eigenvalue weighted by Gasteiger charge is -2.00. The molecule has 118 valence electrons. The van der Waals surface area contributed by atoms with Gasteiger partial charge in [0.05, 0.1) is 5.39 Å². The maximum absolute atomic E-state index is 12.4. The number of aromatic nitrogens is 2. The molecule has 0 aliphatic carbocycles. The Hall–Kier alpha value is -2.11. The molecule has 2 heterocycles. The minimum absolute atomic E-state index is 0.230. The highest BCUT2D eigenvalue weighted by Crippen LogP contribution is 2.28. The lowest BCUT2D eigenvalue weighted by Crippen LogP contribution is -2.34. The molecule has 3 aromatic rings. The molecule has 6 heteroatoms. The van der Waals surface area contributed by atoms with Gasteiger partial charge in [0.2, 0.25) is 0 Å².